The number of ether oxygens (including phenoxy) is 1. The third-order valence-electron chi connectivity index (χ3n) is 2.78. The molecule has 0 saturated heterocycles. The van der Waals surface area contributed by atoms with E-state index < -0.39 is 0 Å². The van der Waals surface area contributed by atoms with E-state index in [1.807, 2.05) is 50.4 Å². The normalized spacial score (nSPS) is 17.2. The van der Waals surface area contributed by atoms with Crippen molar-refractivity contribution in [3.63, 3.8) is 0 Å². The van der Waals surface area contributed by atoms with Gasteiger partial charge < -0.3 is 4.74 Å². The van der Waals surface area contributed by atoms with Crippen LogP contribution in [0.15, 0.2) is 35.3 Å². The van der Waals surface area contributed by atoms with Gasteiger partial charge in [-0.3, -0.25) is 9.89 Å². The van der Waals surface area contributed by atoms with Gasteiger partial charge in [0.15, 0.2) is 5.17 Å². The van der Waals surface area contributed by atoms with E-state index in [4.69, 9.17) is 4.74 Å². The van der Waals surface area contributed by atoms with Gasteiger partial charge in [-0.25, -0.2) is 4.79 Å². The van der Waals surface area contributed by atoms with E-state index in [9.17, 15) is 4.79 Å². The summed E-state index contributed by atoms with van der Waals surface area (Å²) in [6, 6.07) is 9.66. The van der Waals surface area contributed by atoms with Gasteiger partial charge in [-0.15, -0.1) is 0 Å². The molecule has 0 atom stereocenters. The second kappa shape index (κ2) is 5.65. The van der Waals surface area contributed by atoms with Crippen molar-refractivity contribution in [3.05, 3.63) is 35.9 Å². The van der Waals surface area contributed by atoms with Gasteiger partial charge in [0, 0.05) is 0 Å². The van der Waals surface area contributed by atoms with E-state index in [-0.39, 0.29) is 18.2 Å². The summed E-state index contributed by atoms with van der Waals surface area (Å²) in [6.45, 7) is 4.87. The second-order valence-electron chi connectivity index (χ2n) is 5.04. The monoisotopic (exact) mass is 278 g/mol. The predicted octanol–water partition coefficient (Wildman–Crippen LogP) is 3.14. The Balaban J connectivity index is 1.96. The van der Waals surface area contributed by atoms with Crippen molar-refractivity contribution in [2.75, 3.05) is 12.8 Å². The molecule has 0 radical (unpaired) electrons. The van der Waals surface area contributed by atoms with Gasteiger partial charge in [0.05, 0.1) is 12.1 Å². The van der Waals surface area contributed by atoms with Crippen molar-refractivity contribution >= 4 is 23.0 Å². The summed E-state index contributed by atoms with van der Waals surface area (Å²) in [4.78, 5) is 18.2. The fraction of sp³-hybridized carbons (Fsp3) is 0.429. The second-order valence-corrected chi connectivity index (χ2v) is 5.81. The molecule has 0 fully saturated rings. The van der Waals surface area contributed by atoms with Crippen LogP contribution in [0, 0.1) is 0 Å². The Morgan fingerprint density at radius 3 is 2.74 bits per heavy atom. The highest BCUT2D eigenvalue weighted by atomic mass is 32.2. The molecule has 1 amide bonds. The maximum Gasteiger partial charge on any atom is 0.416 e. The van der Waals surface area contributed by atoms with Crippen molar-refractivity contribution in [2.24, 2.45) is 4.99 Å². The molecule has 0 bridgehead atoms. The maximum atomic E-state index is 12.1. The minimum absolute atomic E-state index is 0.232. The van der Waals surface area contributed by atoms with Crippen LogP contribution >= 0.6 is 11.8 Å². The zero-order valence-electron chi connectivity index (χ0n) is 11.4. The zero-order chi connectivity index (χ0) is 13.9. The number of hydrogen-bond donors (Lipinski definition) is 0. The van der Waals surface area contributed by atoms with Gasteiger partial charge in [-0.1, -0.05) is 42.1 Å². The Hall–Kier alpha value is -1.49. The van der Waals surface area contributed by atoms with E-state index in [2.05, 4.69) is 4.99 Å². The van der Waals surface area contributed by atoms with Gasteiger partial charge in [0.25, 0.3) is 0 Å². The molecule has 0 saturated carbocycles. The highest BCUT2D eigenvalue weighted by molar-refractivity contribution is 8.13. The molecule has 1 aromatic rings. The molecule has 19 heavy (non-hydrogen) atoms. The number of amidine groups is 1. The number of carbonyl (C=O) groups is 1. The first-order valence-electron chi connectivity index (χ1n) is 6.14. The molecule has 0 aromatic heterocycles. The van der Waals surface area contributed by atoms with Crippen molar-refractivity contribution in [3.8, 4) is 0 Å². The number of nitrogens with zero attached hydrogens (tertiary/aromatic N) is 2. The predicted molar refractivity (Wildman–Crippen MR) is 78.4 cm³/mol. The summed E-state index contributed by atoms with van der Waals surface area (Å²) in [5, 5.41) is 0.725. The van der Waals surface area contributed by atoms with Gasteiger partial charge in [0.1, 0.15) is 6.61 Å². The third-order valence-corrected chi connectivity index (χ3v) is 3.46. The molecule has 0 spiro atoms. The van der Waals surface area contributed by atoms with Crippen LogP contribution in [0.2, 0.25) is 0 Å². The van der Waals surface area contributed by atoms with Gasteiger partial charge in [-0.2, -0.15) is 0 Å². The number of rotatable bonds is 2. The molecule has 4 nitrogen and oxygen atoms in total. The number of benzene rings is 1. The topological polar surface area (TPSA) is 41.9 Å². The molecule has 1 aliphatic heterocycles. The van der Waals surface area contributed by atoms with E-state index in [0.29, 0.717) is 6.54 Å². The van der Waals surface area contributed by atoms with E-state index >= 15 is 0 Å². The van der Waals surface area contributed by atoms with Crippen LogP contribution in [0.3, 0.4) is 0 Å². The average molecular weight is 278 g/mol. The minimum atomic E-state index is -0.331. The average Bonchev–Trinajstić information content (AvgIpc) is 2.72. The number of thioether (sulfide) groups is 1. The zero-order valence-corrected chi connectivity index (χ0v) is 12.2. The number of carbonyl (C=O) groups excluding carboxylic acids is 1. The number of amides is 1. The highest BCUT2D eigenvalue weighted by Gasteiger charge is 2.35. The summed E-state index contributed by atoms with van der Waals surface area (Å²) in [5.74, 6) is 0. The first-order chi connectivity index (χ1) is 9.02. The first-order valence-corrected chi connectivity index (χ1v) is 7.36. The summed E-state index contributed by atoms with van der Waals surface area (Å²) in [5.41, 5.74) is 0.751. The van der Waals surface area contributed by atoms with Crippen molar-refractivity contribution < 1.29 is 9.53 Å². The Labute approximate surface area is 117 Å². The smallest absolute Gasteiger partial charge is 0.416 e. The van der Waals surface area contributed by atoms with Crippen molar-refractivity contribution in [1.29, 1.82) is 0 Å². The Morgan fingerprint density at radius 2 is 2.11 bits per heavy atom. The largest absolute Gasteiger partial charge is 0.444 e. The molecular formula is C14H18N2O2S. The molecule has 102 valence electrons. The van der Waals surface area contributed by atoms with Crippen molar-refractivity contribution in [2.45, 2.75) is 26.0 Å². The van der Waals surface area contributed by atoms with Crippen LogP contribution in [0.5, 0.6) is 0 Å². The lowest BCUT2D eigenvalue weighted by atomic mass is 10.1. The summed E-state index contributed by atoms with van der Waals surface area (Å²) in [6.07, 6.45) is 1.58. The maximum absolute atomic E-state index is 12.1. The lowest BCUT2D eigenvalue weighted by Gasteiger charge is -2.19. The number of aliphatic imine (C=N–C) groups is 1. The quantitative estimate of drug-likeness (QED) is 0.834. The molecule has 0 aliphatic carbocycles. The lowest BCUT2D eigenvalue weighted by molar-refractivity contribution is 0.116. The molecular weight excluding hydrogens is 260 g/mol. The minimum Gasteiger partial charge on any atom is -0.444 e. The van der Waals surface area contributed by atoms with Crippen molar-refractivity contribution in [1.82, 2.24) is 4.90 Å². The van der Waals surface area contributed by atoms with Crippen LogP contribution in [0.4, 0.5) is 4.79 Å². The van der Waals surface area contributed by atoms with Gasteiger partial charge in [-0.05, 0) is 25.7 Å². The fourth-order valence-electron chi connectivity index (χ4n) is 1.90. The van der Waals surface area contributed by atoms with E-state index in [1.54, 1.807) is 4.90 Å². The van der Waals surface area contributed by atoms with Crippen LogP contribution in [0.25, 0.3) is 0 Å². The molecule has 0 unspecified atom stereocenters. The Kier molecular flexibility index (Phi) is 4.14. The lowest BCUT2D eigenvalue weighted by Crippen LogP contribution is -2.36. The molecule has 1 heterocycles. The molecule has 1 aromatic carbocycles. The first kappa shape index (κ1) is 13.9. The molecule has 2 rings (SSSR count). The molecule has 0 N–H and O–H groups in total. The summed E-state index contributed by atoms with van der Waals surface area (Å²) < 4.78 is 5.33. The SMILES string of the molecule is CSC1=NC(C)(C)CN1C(=O)OCc1ccccc1. The van der Waals surface area contributed by atoms with Crippen LogP contribution < -0.4 is 0 Å². The fourth-order valence-corrected chi connectivity index (χ4v) is 2.60. The van der Waals surface area contributed by atoms with Crippen LogP contribution in [0.1, 0.15) is 19.4 Å². The number of hydrogen-bond acceptors (Lipinski definition) is 4. The standard InChI is InChI=1S/C14H18N2O2S/c1-14(2)10-16(12(15-14)19-3)13(17)18-9-11-7-5-4-6-8-11/h4-8H,9-10H2,1-3H3. The van der Waals surface area contributed by atoms with E-state index in [1.165, 1.54) is 11.8 Å². The van der Waals surface area contributed by atoms with Crippen LogP contribution in [-0.4, -0.2) is 34.5 Å². The molecule has 1 aliphatic rings. The Morgan fingerprint density at radius 1 is 1.42 bits per heavy atom. The summed E-state index contributed by atoms with van der Waals surface area (Å²) in [7, 11) is 0. The van der Waals surface area contributed by atoms with Crippen LogP contribution in [-0.2, 0) is 11.3 Å². The third kappa shape index (κ3) is 3.50. The Bertz CT molecular complexity index is 485. The van der Waals surface area contributed by atoms with Gasteiger partial charge >= 0.3 is 6.09 Å². The molecule has 5 heteroatoms. The van der Waals surface area contributed by atoms with Gasteiger partial charge in [0.2, 0.25) is 0 Å². The van der Waals surface area contributed by atoms with E-state index in [0.717, 1.165) is 10.7 Å². The summed E-state index contributed by atoms with van der Waals surface area (Å²) >= 11 is 1.47. The highest BCUT2D eigenvalue weighted by Crippen LogP contribution is 2.25.